The van der Waals surface area contributed by atoms with Crippen molar-refractivity contribution in [3.8, 4) is 0 Å². The highest BCUT2D eigenvalue weighted by molar-refractivity contribution is 6.05. The fourth-order valence-corrected chi connectivity index (χ4v) is 5.55. The number of fused-ring (bicyclic) bond motifs is 1. The lowest BCUT2D eigenvalue weighted by molar-refractivity contribution is -0.114. The second kappa shape index (κ2) is 10.4. The molecule has 2 aliphatic rings. The second-order valence-corrected chi connectivity index (χ2v) is 9.79. The van der Waals surface area contributed by atoms with Gasteiger partial charge in [0.25, 0.3) is 5.91 Å². The molecular weight excluding hydrogens is 461 g/mol. The quantitative estimate of drug-likeness (QED) is 0.526. The largest absolute Gasteiger partial charge is 0.379 e. The van der Waals surface area contributed by atoms with E-state index in [1.807, 2.05) is 4.57 Å². The van der Waals surface area contributed by atoms with E-state index in [-0.39, 0.29) is 23.2 Å². The van der Waals surface area contributed by atoms with Gasteiger partial charge in [-0.2, -0.15) is 0 Å². The van der Waals surface area contributed by atoms with Gasteiger partial charge in [0.2, 0.25) is 5.91 Å². The van der Waals surface area contributed by atoms with E-state index in [1.54, 1.807) is 30.6 Å². The van der Waals surface area contributed by atoms with Gasteiger partial charge in [-0.3, -0.25) is 14.5 Å². The highest BCUT2D eigenvalue weighted by Gasteiger charge is 2.40. The van der Waals surface area contributed by atoms with Crippen molar-refractivity contribution in [1.82, 2.24) is 19.8 Å². The number of hydrogen-bond acceptors (Lipinski definition) is 5. The van der Waals surface area contributed by atoms with Gasteiger partial charge in [-0.05, 0) is 42.7 Å². The van der Waals surface area contributed by atoms with Crippen LogP contribution in [0.1, 0.15) is 48.5 Å². The Morgan fingerprint density at radius 1 is 1.11 bits per heavy atom. The average Bonchev–Trinajstić information content (AvgIpc) is 3.52. The zero-order valence-corrected chi connectivity index (χ0v) is 20.6. The molecule has 2 fully saturated rings. The van der Waals surface area contributed by atoms with Crippen molar-refractivity contribution < 1.29 is 18.7 Å². The number of halogens is 1. The molecule has 0 unspecified atom stereocenters. The summed E-state index contributed by atoms with van der Waals surface area (Å²) in [5, 5.41) is 6.03. The van der Waals surface area contributed by atoms with E-state index in [4.69, 9.17) is 4.74 Å². The smallest absolute Gasteiger partial charge is 0.251 e. The number of imidazole rings is 1. The number of aromatic nitrogens is 2. The number of ether oxygens (including phenoxy) is 1. The normalized spacial score (nSPS) is 17.8. The van der Waals surface area contributed by atoms with Crippen LogP contribution >= 0.6 is 0 Å². The molecule has 0 radical (unpaired) electrons. The van der Waals surface area contributed by atoms with Crippen LogP contribution in [0.4, 0.5) is 10.1 Å². The summed E-state index contributed by atoms with van der Waals surface area (Å²) in [6.07, 6.45) is 6.14. The molecule has 1 aliphatic heterocycles. The molecule has 36 heavy (non-hydrogen) atoms. The van der Waals surface area contributed by atoms with Crippen LogP contribution in [-0.4, -0.2) is 64.7 Å². The van der Waals surface area contributed by atoms with E-state index in [0.717, 1.165) is 57.6 Å². The maximum atomic E-state index is 13.3. The number of carbonyl (C=O) groups excluding carboxylic acids is 2. The van der Waals surface area contributed by atoms with Crippen LogP contribution in [0.3, 0.4) is 0 Å². The van der Waals surface area contributed by atoms with Gasteiger partial charge in [-0.1, -0.05) is 25.0 Å². The van der Waals surface area contributed by atoms with Crippen LogP contribution in [0.2, 0.25) is 0 Å². The molecular formula is C27H32FN5O3. The predicted octanol–water partition coefficient (Wildman–Crippen LogP) is 3.56. The van der Waals surface area contributed by atoms with E-state index < -0.39 is 0 Å². The fourth-order valence-electron chi connectivity index (χ4n) is 5.55. The molecule has 1 aromatic heterocycles. The number of benzene rings is 2. The van der Waals surface area contributed by atoms with E-state index in [2.05, 4.69) is 20.5 Å². The van der Waals surface area contributed by atoms with E-state index in [9.17, 15) is 14.0 Å². The minimum absolute atomic E-state index is 0.0270. The number of morpholine rings is 1. The van der Waals surface area contributed by atoms with Gasteiger partial charge in [-0.25, -0.2) is 9.37 Å². The van der Waals surface area contributed by atoms with Gasteiger partial charge in [0.05, 0.1) is 36.3 Å². The first kappa shape index (κ1) is 24.4. The van der Waals surface area contributed by atoms with Crippen molar-refractivity contribution in [1.29, 1.82) is 0 Å². The summed E-state index contributed by atoms with van der Waals surface area (Å²) in [5.41, 5.74) is 3.17. The molecule has 9 heteroatoms. The zero-order chi connectivity index (χ0) is 25.1. The van der Waals surface area contributed by atoms with Gasteiger partial charge < -0.3 is 19.9 Å². The first-order valence-corrected chi connectivity index (χ1v) is 12.6. The minimum Gasteiger partial charge on any atom is -0.379 e. The highest BCUT2D eigenvalue weighted by atomic mass is 19.1. The highest BCUT2D eigenvalue weighted by Crippen LogP contribution is 2.35. The van der Waals surface area contributed by atoms with Crippen LogP contribution in [-0.2, 0) is 16.1 Å². The third-order valence-electron chi connectivity index (χ3n) is 7.35. The van der Waals surface area contributed by atoms with Gasteiger partial charge in [-0.15, -0.1) is 0 Å². The molecule has 2 amide bonds. The van der Waals surface area contributed by atoms with Crippen molar-refractivity contribution in [2.75, 3.05) is 38.2 Å². The molecule has 2 aromatic carbocycles. The molecule has 2 heterocycles. The van der Waals surface area contributed by atoms with Crippen molar-refractivity contribution in [2.45, 2.75) is 44.7 Å². The first-order chi connectivity index (χ1) is 17.4. The zero-order valence-electron chi connectivity index (χ0n) is 20.6. The van der Waals surface area contributed by atoms with Crippen molar-refractivity contribution in [3.05, 3.63) is 59.7 Å². The summed E-state index contributed by atoms with van der Waals surface area (Å²) in [5.74, 6) is -0.714. The molecule has 2 N–H and O–H groups in total. The molecule has 1 saturated carbocycles. The Morgan fingerprint density at radius 2 is 1.83 bits per heavy atom. The summed E-state index contributed by atoms with van der Waals surface area (Å²) in [7, 11) is 0. The first-order valence-electron chi connectivity index (χ1n) is 12.6. The molecule has 1 saturated heterocycles. The molecule has 5 rings (SSSR count). The molecule has 1 aliphatic carbocycles. The fraction of sp³-hybridized carbons (Fsp3) is 0.444. The van der Waals surface area contributed by atoms with Crippen LogP contribution in [0.15, 0.2) is 42.7 Å². The number of nitrogens with one attached hydrogen (secondary N) is 2. The maximum Gasteiger partial charge on any atom is 0.251 e. The number of nitrogens with zero attached hydrogens (tertiary/aromatic N) is 3. The van der Waals surface area contributed by atoms with Gasteiger partial charge in [0.15, 0.2) is 0 Å². The van der Waals surface area contributed by atoms with Crippen LogP contribution in [0.5, 0.6) is 0 Å². The summed E-state index contributed by atoms with van der Waals surface area (Å²) < 4.78 is 20.8. The topological polar surface area (TPSA) is 88.5 Å². The number of amides is 2. The molecule has 0 atom stereocenters. The third kappa shape index (κ3) is 5.12. The minimum atomic E-state index is -0.295. The Balaban J connectivity index is 1.39. The molecule has 8 nitrogen and oxygen atoms in total. The van der Waals surface area contributed by atoms with Crippen LogP contribution in [0, 0.1) is 5.82 Å². The second-order valence-electron chi connectivity index (χ2n) is 9.79. The van der Waals surface area contributed by atoms with Crippen LogP contribution < -0.4 is 10.6 Å². The summed E-state index contributed by atoms with van der Waals surface area (Å²) >= 11 is 0. The molecule has 190 valence electrons. The van der Waals surface area contributed by atoms with Crippen molar-refractivity contribution in [2.24, 2.45) is 0 Å². The summed E-state index contributed by atoms with van der Waals surface area (Å²) in [6.45, 7) is 5.71. The number of anilines is 1. The molecule has 0 bridgehead atoms. The monoisotopic (exact) mass is 493 g/mol. The number of hydrogen-bond donors (Lipinski definition) is 2. The van der Waals surface area contributed by atoms with Crippen molar-refractivity contribution >= 4 is 28.5 Å². The lowest BCUT2D eigenvalue weighted by Crippen LogP contribution is -2.57. The van der Waals surface area contributed by atoms with E-state index in [0.29, 0.717) is 35.4 Å². The number of carbonyl (C=O) groups is 2. The van der Waals surface area contributed by atoms with Crippen molar-refractivity contribution in [3.63, 3.8) is 0 Å². The third-order valence-corrected chi connectivity index (χ3v) is 7.35. The standard InChI is InChI=1S/C27H32FN5O3/c1-19(34)31-24-15-21(14-23-25(24)32(18-30-23)16-20-4-6-22(28)7-5-20)26(35)29-17-27(8-2-3-9-27)33-10-12-36-13-11-33/h4-7,14-15,18H,2-3,8-13,16-17H2,1H3,(H,29,35)(H,31,34). The van der Waals surface area contributed by atoms with Gasteiger partial charge in [0, 0.05) is 44.2 Å². The maximum absolute atomic E-state index is 13.3. The van der Waals surface area contributed by atoms with E-state index in [1.165, 1.54) is 19.1 Å². The van der Waals surface area contributed by atoms with Gasteiger partial charge in [0.1, 0.15) is 5.82 Å². The molecule has 3 aromatic rings. The van der Waals surface area contributed by atoms with E-state index >= 15 is 0 Å². The SMILES string of the molecule is CC(=O)Nc1cc(C(=O)NCC2(N3CCOCC3)CCCC2)cc2ncn(Cc3ccc(F)cc3)c12. The lowest BCUT2D eigenvalue weighted by atomic mass is 9.94. The summed E-state index contributed by atoms with van der Waals surface area (Å²) in [4.78, 5) is 32.3. The Labute approximate surface area is 209 Å². The summed E-state index contributed by atoms with van der Waals surface area (Å²) in [6, 6.07) is 9.73. The number of rotatable bonds is 7. The Morgan fingerprint density at radius 3 is 2.53 bits per heavy atom. The molecule has 0 spiro atoms. The van der Waals surface area contributed by atoms with Gasteiger partial charge >= 0.3 is 0 Å². The predicted molar refractivity (Wildman–Crippen MR) is 135 cm³/mol. The van der Waals surface area contributed by atoms with Crippen LogP contribution in [0.25, 0.3) is 11.0 Å². The Kier molecular flexibility index (Phi) is 7.02. The Bertz CT molecular complexity index is 1240. The lowest BCUT2D eigenvalue weighted by Gasteiger charge is -2.43. The average molecular weight is 494 g/mol. The Hall–Kier alpha value is -3.30.